The molecule has 28 heavy (non-hydrogen) atoms. The molecule has 1 saturated heterocycles. The Hall–Kier alpha value is -3.60. The van der Waals surface area contributed by atoms with Gasteiger partial charge >= 0.3 is 12.2 Å². The molecule has 0 radical (unpaired) electrons. The Morgan fingerprint density at radius 2 is 1.79 bits per heavy atom. The van der Waals surface area contributed by atoms with Crippen LogP contribution >= 0.6 is 0 Å². The Morgan fingerprint density at radius 1 is 1.07 bits per heavy atom. The van der Waals surface area contributed by atoms with Crippen molar-refractivity contribution in [2.45, 2.75) is 12.2 Å². The summed E-state index contributed by atoms with van der Waals surface area (Å²) in [4.78, 5) is 19.8. The lowest BCUT2D eigenvalue weighted by Crippen LogP contribution is -2.34. The maximum atomic E-state index is 13.1. The first-order valence-electron chi connectivity index (χ1n) is 8.40. The van der Waals surface area contributed by atoms with E-state index >= 15 is 0 Å². The minimum atomic E-state index is -4.45. The standard InChI is InChI=1S/C20H13F3N4O/c21-20(22,23)14-5-7-15(8-6-14)26-12-16(9-24)27(19(26)28)18-11-25-10-13-3-1-2-4-17(13)18/h1-8,10-11,16H,12H2. The number of nitriles is 1. The monoisotopic (exact) mass is 382 g/mol. The third-order valence-electron chi connectivity index (χ3n) is 4.67. The molecule has 1 unspecified atom stereocenters. The van der Waals surface area contributed by atoms with E-state index in [1.807, 2.05) is 24.3 Å². The summed E-state index contributed by atoms with van der Waals surface area (Å²) in [6.07, 6.45) is -1.28. The Balaban J connectivity index is 1.73. The van der Waals surface area contributed by atoms with Crippen molar-refractivity contribution in [1.29, 1.82) is 5.26 Å². The van der Waals surface area contributed by atoms with Crippen molar-refractivity contribution in [3.05, 3.63) is 66.5 Å². The molecule has 2 heterocycles. The highest BCUT2D eigenvalue weighted by molar-refractivity contribution is 6.11. The maximum absolute atomic E-state index is 13.1. The molecule has 1 aromatic heterocycles. The molecule has 1 aliphatic heterocycles. The third kappa shape index (κ3) is 2.91. The van der Waals surface area contributed by atoms with Crippen LogP contribution < -0.4 is 9.80 Å². The number of halogens is 3. The second kappa shape index (κ2) is 6.53. The van der Waals surface area contributed by atoms with Gasteiger partial charge in [-0.15, -0.1) is 0 Å². The zero-order valence-electron chi connectivity index (χ0n) is 14.4. The predicted molar refractivity (Wildman–Crippen MR) is 97.8 cm³/mol. The number of carbonyl (C=O) groups excluding carboxylic acids is 1. The number of amides is 2. The van der Waals surface area contributed by atoms with Crippen LogP contribution in [0.15, 0.2) is 60.9 Å². The first-order chi connectivity index (χ1) is 13.4. The normalized spacial score (nSPS) is 17.2. The van der Waals surface area contributed by atoms with Crippen LogP contribution in [0.2, 0.25) is 0 Å². The van der Waals surface area contributed by atoms with Gasteiger partial charge in [-0.2, -0.15) is 18.4 Å². The summed E-state index contributed by atoms with van der Waals surface area (Å²) < 4.78 is 38.3. The minimum Gasteiger partial charge on any atom is -0.291 e. The van der Waals surface area contributed by atoms with Crippen molar-refractivity contribution < 1.29 is 18.0 Å². The molecule has 8 heteroatoms. The van der Waals surface area contributed by atoms with Crippen LogP contribution in [0.25, 0.3) is 10.8 Å². The number of anilines is 2. The van der Waals surface area contributed by atoms with Crippen molar-refractivity contribution in [2.75, 3.05) is 16.3 Å². The molecule has 0 spiro atoms. The molecule has 3 aromatic rings. The molecular weight excluding hydrogens is 369 g/mol. The molecule has 0 bridgehead atoms. The number of rotatable bonds is 2. The molecule has 4 rings (SSSR count). The number of carbonyl (C=O) groups is 1. The number of hydrogen-bond donors (Lipinski definition) is 0. The van der Waals surface area contributed by atoms with Crippen LogP contribution in [0.4, 0.5) is 29.3 Å². The number of urea groups is 1. The van der Waals surface area contributed by atoms with Gasteiger partial charge in [-0.3, -0.25) is 14.8 Å². The number of pyridine rings is 1. The lowest BCUT2D eigenvalue weighted by Gasteiger charge is -2.21. The maximum Gasteiger partial charge on any atom is 0.416 e. The van der Waals surface area contributed by atoms with Crippen LogP contribution in [0, 0.1) is 11.3 Å². The predicted octanol–water partition coefficient (Wildman–Crippen LogP) is 4.59. The van der Waals surface area contributed by atoms with E-state index in [2.05, 4.69) is 11.1 Å². The van der Waals surface area contributed by atoms with Crippen molar-refractivity contribution >= 4 is 28.2 Å². The van der Waals surface area contributed by atoms with E-state index in [1.165, 1.54) is 28.1 Å². The SMILES string of the molecule is N#CC1CN(c2ccc(C(F)(F)F)cc2)C(=O)N1c1cncc2ccccc12. The van der Waals surface area contributed by atoms with Gasteiger partial charge in [0, 0.05) is 22.7 Å². The van der Waals surface area contributed by atoms with Gasteiger partial charge in [0.2, 0.25) is 0 Å². The number of hydrogen-bond acceptors (Lipinski definition) is 3. The van der Waals surface area contributed by atoms with Gasteiger partial charge in [0.1, 0.15) is 6.04 Å². The zero-order valence-corrected chi connectivity index (χ0v) is 14.4. The smallest absolute Gasteiger partial charge is 0.291 e. The van der Waals surface area contributed by atoms with E-state index in [0.717, 1.165) is 22.9 Å². The summed E-state index contributed by atoms with van der Waals surface area (Å²) in [6.45, 7) is 0.0456. The summed E-state index contributed by atoms with van der Waals surface area (Å²) >= 11 is 0. The Kier molecular flexibility index (Phi) is 4.15. The average Bonchev–Trinajstić information content (AvgIpc) is 3.03. The third-order valence-corrected chi connectivity index (χ3v) is 4.67. The molecule has 5 nitrogen and oxygen atoms in total. The largest absolute Gasteiger partial charge is 0.416 e. The van der Waals surface area contributed by atoms with E-state index in [0.29, 0.717) is 11.4 Å². The molecule has 1 fully saturated rings. The van der Waals surface area contributed by atoms with Crippen LogP contribution in [-0.2, 0) is 6.18 Å². The van der Waals surface area contributed by atoms with Gasteiger partial charge in [-0.05, 0) is 24.3 Å². The molecule has 0 saturated carbocycles. The van der Waals surface area contributed by atoms with Gasteiger partial charge in [0.05, 0.1) is 30.1 Å². The molecular formula is C20H13F3N4O. The van der Waals surface area contributed by atoms with Gasteiger partial charge in [-0.1, -0.05) is 24.3 Å². The first kappa shape index (κ1) is 17.8. The first-order valence-corrected chi connectivity index (χ1v) is 8.40. The second-order valence-corrected chi connectivity index (χ2v) is 6.33. The summed E-state index contributed by atoms with van der Waals surface area (Å²) in [5.74, 6) is 0. The molecule has 2 aromatic carbocycles. The lowest BCUT2D eigenvalue weighted by atomic mass is 10.1. The van der Waals surface area contributed by atoms with Gasteiger partial charge in [0.15, 0.2) is 0 Å². The van der Waals surface area contributed by atoms with Gasteiger partial charge < -0.3 is 0 Å². The Morgan fingerprint density at radius 3 is 2.46 bits per heavy atom. The Labute approximate surface area is 158 Å². The number of fused-ring (bicyclic) bond motifs is 1. The fourth-order valence-corrected chi connectivity index (χ4v) is 3.30. The fourth-order valence-electron chi connectivity index (χ4n) is 3.30. The quantitative estimate of drug-likeness (QED) is 0.651. The van der Waals surface area contributed by atoms with Gasteiger partial charge in [0.25, 0.3) is 0 Å². The van der Waals surface area contributed by atoms with Crippen molar-refractivity contribution in [1.82, 2.24) is 4.98 Å². The van der Waals surface area contributed by atoms with Crippen LogP contribution in [0.1, 0.15) is 5.56 Å². The molecule has 1 atom stereocenters. The van der Waals surface area contributed by atoms with Crippen LogP contribution in [0.5, 0.6) is 0 Å². The molecule has 0 aliphatic carbocycles. The number of nitrogens with zero attached hydrogens (tertiary/aromatic N) is 4. The molecule has 140 valence electrons. The zero-order chi connectivity index (χ0) is 19.9. The summed E-state index contributed by atoms with van der Waals surface area (Å²) in [6, 6.07) is 12.5. The van der Waals surface area contributed by atoms with E-state index in [-0.39, 0.29) is 6.54 Å². The highest BCUT2D eigenvalue weighted by Gasteiger charge is 2.40. The van der Waals surface area contributed by atoms with E-state index in [4.69, 9.17) is 0 Å². The number of benzene rings is 2. The van der Waals surface area contributed by atoms with E-state index in [1.54, 1.807) is 6.20 Å². The highest BCUT2D eigenvalue weighted by atomic mass is 19.4. The van der Waals surface area contributed by atoms with Gasteiger partial charge in [-0.25, -0.2) is 4.79 Å². The highest BCUT2D eigenvalue weighted by Crippen LogP contribution is 2.35. The lowest BCUT2D eigenvalue weighted by molar-refractivity contribution is -0.137. The summed E-state index contributed by atoms with van der Waals surface area (Å²) in [5, 5.41) is 11.1. The van der Waals surface area contributed by atoms with Crippen molar-refractivity contribution in [3.8, 4) is 6.07 Å². The minimum absolute atomic E-state index is 0.0456. The second-order valence-electron chi connectivity index (χ2n) is 6.33. The molecule has 1 aliphatic rings. The van der Waals surface area contributed by atoms with Crippen LogP contribution in [-0.4, -0.2) is 23.6 Å². The topological polar surface area (TPSA) is 60.2 Å². The number of alkyl halides is 3. The summed E-state index contributed by atoms with van der Waals surface area (Å²) in [7, 11) is 0. The fraction of sp³-hybridized carbons (Fsp3) is 0.150. The summed E-state index contributed by atoms with van der Waals surface area (Å²) in [5.41, 5.74) is -0.00662. The molecule has 2 amide bonds. The molecule has 0 N–H and O–H groups in total. The van der Waals surface area contributed by atoms with E-state index < -0.39 is 23.8 Å². The average molecular weight is 382 g/mol. The van der Waals surface area contributed by atoms with E-state index in [9.17, 15) is 23.2 Å². The van der Waals surface area contributed by atoms with Crippen molar-refractivity contribution in [2.24, 2.45) is 0 Å². The Bertz CT molecular complexity index is 1080. The van der Waals surface area contributed by atoms with Crippen LogP contribution in [0.3, 0.4) is 0 Å². The van der Waals surface area contributed by atoms with Crippen molar-refractivity contribution in [3.63, 3.8) is 0 Å². The number of aromatic nitrogens is 1.